The van der Waals surface area contributed by atoms with Crippen LogP contribution in [0.2, 0.25) is 5.02 Å². The highest BCUT2D eigenvalue weighted by atomic mass is 35.5. The van der Waals surface area contributed by atoms with Crippen molar-refractivity contribution in [2.24, 2.45) is 5.92 Å². The second-order valence-electron chi connectivity index (χ2n) is 7.69. The molecule has 1 amide bonds. The molecule has 5 heteroatoms. The molecule has 138 valence electrons. The maximum Gasteiger partial charge on any atom is 0.258 e. The summed E-state index contributed by atoms with van der Waals surface area (Å²) in [6, 6.07) is 9.50. The summed E-state index contributed by atoms with van der Waals surface area (Å²) >= 11 is 5.97. The summed E-state index contributed by atoms with van der Waals surface area (Å²) in [5.74, 6) is 0.452. The molecule has 2 aromatic rings. The van der Waals surface area contributed by atoms with Crippen LogP contribution < -0.4 is 0 Å². The minimum Gasteiger partial charge on any atom is -0.354 e. The van der Waals surface area contributed by atoms with E-state index in [0.717, 1.165) is 17.5 Å². The molecular weight excluding hydrogens is 348 g/mol. The van der Waals surface area contributed by atoms with E-state index >= 15 is 0 Å². The van der Waals surface area contributed by atoms with Crippen LogP contribution in [-0.2, 0) is 4.74 Å². The average molecular weight is 373 g/mol. The topological polar surface area (TPSA) is 42.4 Å². The molecule has 0 unspecified atom stereocenters. The van der Waals surface area contributed by atoms with Gasteiger partial charge in [0.1, 0.15) is 5.72 Å². The lowest BCUT2D eigenvalue weighted by Crippen LogP contribution is -2.48. The Bertz CT molecular complexity index is 787. The van der Waals surface area contributed by atoms with E-state index in [4.69, 9.17) is 16.3 Å². The smallest absolute Gasteiger partial charge is 0.258 e. The van der Waals surface area contributed by atoms with Crippen LogP contribution in [0.5, 0.6) is 0 Å². The molecule has 0 radical (unpaired) electrons. The number of amides is 1. The first-order valence-electron chi connectivity index (χ1n) is 8.96. The number of pyridine rings is 1. The highest BCUT2D eigenvalue weighted by molar-refractivity contribution is 6.30. The molecule has 0 saturated carbocycles. The SMILES string of the molecule is CC(C)C[C@@H]1COC(C)(C)N1C(=O)c1cncc(-c2ccc(Cl)cc2)c1. The Hall–Kier alpha value is -1.91. The third-order valence-electron chi connectivity index (χ3n) is 4.70. The van der Waals surface area contributed by atoms with Crippen molar-refractivity contribution in [3.8, 4) is 11.1 Å². The summed E-state index contributed by atoms with van der Waals surface area (Å²) in [7, 11) is 0. The van der Waals surface area contributed by atoms with Crippen LogP contribution in [0, 0.1) is 5.92 Å². The molecule has 0 spiro atoms. The van der Waals surface area contributed by atoms with Crippen LogP contribution in [0.1, 0.15) is 44.5 Å². The zero-order valence-corrected chi connectivity index (χ0v) is 16.5. The Morgan fingerprint density at radius 3 is 2.62 bits per heavy atom. The van der Waals surface area contributed by atoms with Gasteiger partial charge < -0.3 is 9.64 Å². The predicted octanol–water partition coefficient (Wildman–Crippen LogP) is 5.03. The minimum absolute atomic E-state index is 0.0403. The Morgan fingerprint density at radius 2 is 1.96 bits per heavy atom. The molecule has 1 aromatic heterocycles. The van der Waals surface area contributed by atoms with Crippen molar-refractivity contribution < 1.29 is 9.53 Å². The monoisotopic (exact) mass is 372 g/mol. The Morgan fingerprint density at radius 1 is 1.27 bits per heavy atom. The fourth-order valence-corrected chi connectivity index (χ4v) is 3.63. The van der Waals surface area contributed by atoms with Crippen molar-refractivity contribution in [2.75, 3.05) is 6.61 Å². The molecule has 26 heavy (non-hydrogen) atoms. The fraction of sp³-hybridized carbons (Fsp3) is 0.429. The average Bonchev–Trinajstić information content (AvgIpc) is 2.88. The van der Waals surface area contributed by atoms with E-state index in [-0.39, 0.29) is 11.9 Å². The number of hydrogen-bond acceptors (Lipinski definition) is 3. The highest BCUT2D eigenvalue weighted by Crippen LogP contribution is 2.32. The fourth-order valence-electron chi connectivity index (χ4n) is 3.51. The van der Waals surface area contributed by atoms with Crippen molar-refractivity contribution >= 4 is 17.5 Å². The molecule has 0 N–H and O–H groups in total. The number of benzene rings is 1. The lowest BCUT2D eigenvalue weighted by molar-refractivity contribution is -0.0406. The van der Waals surface area contributed by atoms with E-state index in [0.29, 0.717) is 23.1 Å². The van der Waals surface area contributed by atoms with Crippen molar-refractivity contribution in [2.45, 2.75) is 45.9 Å². The van der Waals surface area contributed by atoms with Gasteiger partial charge in [-0.1, -0.05) is 37.6 Å². The molecule has 1 aliphatic rings. The number of carbonyl (C=O) groups excluding carboxylic acids is 1. The summed E-state index contributed by atoms with van der Waals surface area (Å²) in [5, 5.41) is 0.682. The molecule has 4 nitrogen and oxygen atoms in total. The first-order chi connectivity index (χ1) is 12.3. The minimum atomic E-state index is -0.618. The highest BCUT2D eigenvalue weighted by Gasteiger charge is 2.44. The van der Waals surface area contributed by atoms with Gasteiger partial charge >= 0.3 is 0 Å². The van der Waals surface area contributed by atoms with Gasteiger partial charge in [0.15, 0.2) is 0 Å². The summed E-state index contributed by atoms with van der Waals surface area (Å²) < 4.78 is 5.91. The first-order valence-corrected chi connectivity index (χ1v) is 9.34. The summed E-state index contributed by atoms with van der Waals surface area (Å²) in [6.07, 6.45) is 4.30. The Balaban J connectivity index is 1.91. The molecule has 0 aliphatic carbocycles. The third-order valence-corrected chi connectivity index (χ3v) is 4.95. The van der Waals surface area contributed by atoms with Gasteiger partial charge in [0, 0.05) is 23.0 Å². The van der Waals surface area contributed by atoms with Crippen molar-refractivity contribution in [1.82, 2.24) is 9.88 Å². The van der Waals surface area contributed by atoms with Crippen LogP contribution >= 0.6 is 11.6 Å². The van der Waals surface area contributed by atoms with Gasteiger partial charge in [0.05, 0.1) is 18.2 Å². The van der Waals surface area contributed by atoms with Crippen molar-refractivity contribution in [3.63, 3.8) is 0 Å². The standard InChI is InChI=1S/C21H25ClN2O2/c1-14(2)9-19-13-26-21(3,4)24(19)20(25)17-10-16(11-23-12-17)15-5-7-18(22)8-6-15/h5-8,10-12,14,19H,9,13H2,1-4H3/t19-/m1/s1. The van der Waals surface area contributed by atoms with Crippen molar-refractivity contribution in [1.29, 1.82) is 0 Å². The molecule has 1 aromatic carbocycles. The van der Waals surface area contributed by atoms with Gasteiger partial charge in [-0.25, -0.2) is 0 Å². The molecule has 3 rings (SSSR count). The Kier molecular flexibility index (Phi) is 5.35. The van der Waals surface area contributed by atoms with Gasteiger partial charge in [-0.2, -0.15) is 0 Å². The molecule has 1 atom stereocenters. The van der Waals surface area contributed by atoms with E-state index in [9.17, 15) is 4.79 Å². The van der Waals surface area contributed by atoms with E-state index < -0.39 is 5.72 Å². The van der Waals surface area contributed by atoms with Gasteiger partial charge in [0.25, 0.3) is 5.91 Å². The van der Waals surface area contributed by atoms with Crippen LogP contribution in [0.3, 0.4) is 0 Å². The van der Waals surface area contributed by atoms with Gasteiger partial charge in [-0.15, -0.1) is 0 Å². The largest absolute Gasteiger partial charge is 0.354 e. The predicted molar refractivity (Wildman–Crippen MR) is 104 cm³/mol. The number of nitrogens with zero attached hydrogens (tertiary/aromatic N) is 2. The van der Waals surface area contributed by atoms with Crippen LogP contribution in [-0.4, -0.2) is 34.2 Å². The van der Waals surface area contributed by atoms with Gasteiger partial charge in [-0.05, 0) is 49.9 Å². The number of hydrogen-bond donors (Lipinski definition) is 0. The number of aromatic nitrogens is 1. The number of ether oxygens (including phenoxy) is 1. The second-order valence-corrected chi connectivity index (χ2v) is 8.12. The maximum absolute atomic E-state index is 13.3. The number of carbonyl (C=O) groups is 1. The van der Waals surface area contributed by atoms with Crippen LogP contribution in [0.4, 0.5) is 0 Å². The molecule has 1 aliphatic heterocycles. The molecule has 0 bridgehead atoms. The number of rotatable bonds is 4. The zero-order chi connectivity index (χ0) is 18.9. The first kappa shape index (κ1) is 18.9. The maximum atomic E-state index is 13.3. The van der Waals surface area contributed by atoms with Gasteiger partial charge in [0.2, 0.25) is 0 Å². The molecular formula is C21H25ClN2O2. The zero-order valence-electron chi connectivity index (χ0n) is 15.7. The van der Waals surface area contributed by atoms with E-state index in [2.05, 4.69) is 18.8 Å². The molecule has 2 heterocycles. The third kappa shape index (κ3) is 3.92. The lowest BCUT2D eigenvalue weighted by atomic mass is 10.0. The number of halogens is 1. The summed E-state index contributed by atoms with van der Waals surface area (Å²) in [5.41, 5.74) is 1.83. The van der Waals surface area contributed by atoms with E-state index in [1.165, 1.54) is 0 Å². The van der Waals surface area contributed by atoms with Crippen molar-refractivity contribution in [3.05, 3.63) is 53.3 Å². The second kappa shape index (κ2) is 7.37. The van der Waals surface area contributed by atoms with E-state index in [1.54, 1.807) is 12.4 Å². The normalized spacial score (nSPS) is 19.2. The van der Waals surface area contributed by atoms with Gasteiger partial charge in [-0.3, -0.25) is 9.78 Å². The van der Waals surface area contributed by atoms with E-state index in [1.807, 2.05) is 49.1 Å². The summed E-state index contributed by atoms with van der Waals surface area (Å²) in [4.78, 5) is 19.4. The molecule has 1 saturated heterocycles. The van der Waals surface area contributed by atoms with Crippen LogP contribution in [0.15, 0.2) is 42.7 Å². The summed E-state index contributed by atoms with van der Waals surface area (Å²) in [6.45, 7) is 8.79. The van der Waals surface area contributed by atoms with Crippen LogP contribution in [0.25, 0.3) is 11.1 Å². The quantitative estimate of drug-likeness (QED) is 0.756. The lowest BCUT2D eigenvalue weighted by Gasteiger charge is -2.34. The molecule has 1 fully saturated rings. The Labute approximate surface area is 160 Å².